The lowest BCUT2D eigenvalue weighted by Gasteiger charge is -2.29. The van der Waals surface area contributed by atoms with Crippen molar-refractivity contribution in [3.8, 4) is 23.0 Å². The summed E-state index contributed by atoms with van der Waals surface area (Å²) in [4.78, 5) is 95.8. The molecule has 0 heterocycles. The molecule has 3 rings (SSSR count). The van der Waals surface area contributed by atoms with Gasteiger partial charge < -0.3 is 0 Å². The first-order valence-electron chi connectivity index (χ1n) is 19.5. The van der Waals surface area contributed by atoms with Crippen LogP contribution in [0.2, 0.25) is 0 Å². The van der Waals surface area contributed by atoms with Gasteiger partial charge in [0.1, 0.15) is 0 Å². The quantitative estimate of drug-likeness (QED) is 0.0648. The van der Waals surface area contributed by atoms with Gasteiger partial charge >= 0.3 is 23.9 Å². The maximum atomic E-state index is 13.2. The zero-order chi connectivity index (χ0) is 42.3. The van der Waals surface area contributed by atoms with E-state index in [2.05, 4.69) is 0 Å². The fourth-order valence-electron chi connectivity index (χ4n) is 6.64. The fraction of sp³-hybridized carbons (Fsp3) is 0.591. The number of fused-ring (bicyclic) bond motifs is 2. The van der Waals surface area contributed by atoms with Crippen LogP contribution in [0.4, 0.5) is 0 Å². The molecule has 0 radical (unpaired) electrons. The van der Waals surface area contributed by atoms with E-state index in [1.54, 1.807) is 91.8 Å². The first-order chi connectivity index (χ1) is 25.9. The van der Waals surface area contributed by atoms with Crippen molar-refractivity contribution in [1.29, 1.82) is 0 Å². The highest BCUT2D eigenvalue weighted by Crippen LogP contribution is 2.41. The van der Waals surface area contributed by atoms with E-state index in [9.17, 15) is 19.2 Å². The third kappa shape index (κ3) is 12.1. The van der Waals surface area contributed by atoms with Gasteiger partial charge in [-0.15, -0.1) is 0 Å². The van der Waals surface area contributed by atoms with Crippen molar-refractivity contribution in [2.75, 3.05) is 0 Å². The molecule has 0 aliphatic carbocycles. The number of carbonyl (C=O) groups excluding carboxylic acids is 4. The van der Waals surface area contributed by atoms with E-state index in [0.29, 0.717) is 47.2 Å². The van der Waals surface area contributed by atoms with Gasteiger partial charge in [-0.25, -0.2) is 38.7 Å². The van der Waals surface area contributed by atoms with Gasteiger partial charge in [-0.2, -0.15) is 0 Å². The third-order valence-electron chi connectivity index (χ3n) is 9.56. The lowest BCUT2D eigenvalue weighted by Crippen LogP contribution is -2.32. The van der Waals surface area contributed by atoms with E-state index in [1.165, 1.54) is 0 Å². The van der Waals surface area contributed by atoms with Crippen molar-refractivity contribution in [3.05, 3.63) is 36.4 Å². The summed E-state index contributed by atoms with van der Waals surface area (Å²) in [5, 5.41) is 2.43. The van der Waals surface area contributed by atoms with Crippen LogP contribution in [-0.2, 0) is 38.7 Å². The van der Waals surface area contributed by atoms with E-state index >= 15 is 0 Å². The second kappa shape index (κ2) is 18.0. The minimum atomic E-state index is -0.881. The van der Waals surface area contributed by atoms with Crippen LogP contribution in [0.1, 0.15) is 142 Å². The Hall–Kier alpha value is -4.74. The maximum Gasteiger partial charge on any atom is 0.360 e. The molecule has 0 saturated carbocycles. The lowest BCUT2D eigenvalue weighted by molar-refractivity contribution is -0.236. The number of benzene rings is 3. The van der Waals surface area contributed by atoms with Crippen LogP contribution in [0.25, 0.3) is 21.5 Å². The van der Waals surface area contributed by atoms with E-state index in [1.807, 2.05) is 41.5 Å². The second-order valence-electron chi connectivity index (χ2n) is 18.5. The molecule has 0 aliphatic heterocycles. The van der Waals surface area contributed by atoms with Gasteiger partial charge in [0.15, 0.2) is 0 Å². The molecule has 12 heteroatoms. The largest absolute Gasteiger partial charge is 0.360 e. The van der Waals surface area contributed by atoms with Gasteiger partial charge in [-0.1, -0.05) is 60.8 Å². The van der Waals surface area contributed by atoms with Crippen LogP contribution in [0, 0.1) is 27.1 Å². The molecule has 0 fully saturated rings. The predicted molar refractivity (Wildman–Crippen MR) is 212 cm³/mol. The summed E-state index contributed by atoms with van der Waals surface area (Å²) in [5.74, 6) is -2.44. The average Bonchev–Trinajstić information content (AvgIpc) is 3.08. The summed E-state index contributed by atoms with van der Waals surface area (Å²) in [6.45, 7) is 26.1. The summed E-state index contributed by atoms with van der Waals surface area (Å²) >= 11 is 0. The van der Waals surface area contributed by atoms with Gasteiger partial charge in [-0.3, -0.25) is 19.6 Å². The zero-order valence-corrected chi connectivity index (χ0v) is 35.8. The molecule has 3 aromatic rings. The Balaban J connectivity index is 2.12. The van der Waals surface area contributed by atoms with Crippen LogP contribution < -0.4 is 19.6 Å². The van der Waals surface area contributed by atoms with Crippen molar-refractivity contribution in [2.45, 2.75) is 142 Å². The van der Waals surface area contributed by atoms with Crippen LogP contribution >= 0.6 is 0 Å². The van der Waals surface area contributed by atoms with Crippen LogP contribution in [0.5, 0.6) is 23.0 Å². The molecule has 0 amide bonds. The Morgan fingerprint density at radius 3 is 0.839 bits per heavy atom. The Bertz CT molecular complexity index is 1880. The van der Waals surface area contributed by atoms with Crippen molar-refractivity contribution in [2.24, 2.45) is 27.1 Å². The number of hydrogen-bond acceptors (Lipinski definition) is 12. The molecule has 0 unspecified atom stereocenters. The molecule has 0 aromatic heterocycles. The van der Waals surface area contributed by atoms with Crippen molar-refractivity contribution in [1.82, 2.24) is 0 Å². The summed E-state index contributed by atoms with van der Waals surface area (Å²) in [7, 11) is 0. The Kier molecular flexibility index (Phi) is 14.7. The number of rotatable bonds is 19. The highest BCUT2D eigenvalue weighted by molar-refractivity contribution is 6.00. The number of carbonyl (C=O) groups is 4. The predicted octanol–water partition coefficient (Wildman–Crippen LogP) is 11.3. The van der Waals surface area contributed by atoms with Crippen molar-refractivity contribution >= 4 is 45.4 Å². The highest BCUT2D eigenvalue weighted by atomic mass is 17.2. The highest BCUT2D eigenvalue weighted by Gasteiger charge is 2.36. The molecule has 0 aliphatic rings. The van der Waals surface area contributed by atoms with Gasteiger partial charge in [0.25, 0.3) is 0 Å². The lowest BCUT2D eigenvalue weighted by atomic mass is 9.76. The molecule has 0 atom stereocenters. The van der Waals surface area contributed by atoms with Gasteiger partial charge in [0.2, 0.25) is 23.0 Å². The Morgan fingerprint density at radius 1 is 0.393 bits per heavy atom. The maximum absolute atomic E-state index is 13.2. The van der Waals surface area contributed by atoms with E-state index in [-0.39, 0.29) is 28.4 Å². The minimum Gasteiger partial charge on any atom is -0.283 e. The summed E-state index contributed by atoms with van der Waals surface area (Å²) in [6.07, 6.45) is 4.51. The summed E-state index contributed by atoms with van der Waals surface area (Å²) in [5.41, 5.74) is -3.50. The van der Waals surface area contributed by atoms with Crippen LogP contribution in [0.15, 0.2) is 36.4 Å². The van der Waals surface area contributed by atoms with Crippen LogP contribution in [0.3, 0.4) is 0 Å². The zero-order valence-electron chi connectivity index (χ0n) is 35.8. The molecule has 12 nitrogen and oxygen atoms in total. The standard InChI is InChI=1S/C44H62O12/c1-15-18-41(7,8)36(45)53-49-32-23-28-21-30-25-34(51-55-38(47)43(11,12)20-17-3)35(52-56-39(48)44(13,14)27-40(4,5)6)26-31(30)22-29(28)24-33(32)50-54-37(46)42(9,10)19-16-2/h21-26H,15-20,27H2,1-14H3. The molecule has 0 N–H and O–H groups in total. The van der Waals surface area contributed by atoms with Crippen molar-refractivity contribution < 1.29 is 58.3 Å². The first kappa shape index (κ1) is 45.6. The van der Waals surface area contributed by atoms with E-state index in [0.717, 1.165) is 19.3 Å². The molecular weight excluding hydrogens is 720 g/mol. The molecule has 0 bridgehead atoms. The molecule has 310 valence electrons. The molecule has 56 heavy (non-hydrogen) atoms. The summed E-state index contributed by atoms with van der Waals surface area (Å²) < 4.78 is 0. The Labute approximate surface area is 331 Å². The molecule has 3 aromatic carbocycles. The summed E-state index contributed by atoms with van der Waals surface area (Å²) in [6, 6.07) is 9.89. The minimum absolute atomic E-state index is 0.0214. The third-order valence-corrected chi connectivity index (χ3v) is 9.56. The van der Waals surface area contributed by atoms with Gasteiger partial charge in [0.05, 0.1) is 21.7 Å². The Morgan fingerprint density at radius 2 is 0.625 bits per heavy atom. The fourth-order valence-corrected chi connectivity index (χ4v) is 6.64. The second-order valence-corrected chi connectivity index (χ2v) is 18.5. The molecule has 0 spiro atoms. The van der Waals surface area contributed by atoms with Crippen molar-refractivity contribution in [3.63, 3.8) is 0 Å². The topological polar surface area (TPSA) is 142 Å². The first-order valence-corrected chi connectivity index (χ1v) is 19.5. The van der Waals surface area contributed by atoms with E-state index < -0.39 is 45.5 Å². The average molecular weight is 783 g/mol. The van der Waals surface area contributed by atoms with Gasteiger partial charge in [-0.05, 0) is 144 Å². The van der Waals surface area contributed by atoms with E-state index in [4.69, 9.17) is 39.1 Å². The normalized spacial score (nSPS) is 12.5. The molecule has 0 saturated heterocycles. The monoisotopic (exact) mass is 782 g/mol. The number of hydrogen-bond donors (Lipinski definition) is 0. The molecular formula is C44H62O12. The smallest absolute Gasteiger partial charge is 0.283 e. The van der Waals surface area contributed by atoms with Crippen LogP contribution in [-0.4, -0.2) is 23.9 Å². The van der Waals surface area contributed by atoms with Gasteiger partial charge in [0, 0.05) is 0 Å². The SMILES string of the molecule is CCCC(C)(C)C(=O)OOc1cc2cc3cc(OOC(=O)C(C)(C)CCC)c(OOC(=O)C(C)(C)CC(C)(C)C)cc3cc2cc1OOC(=O)C(C)(C)CCC.